The van der Waals surface area contributed by atoms with Gasteiger partial charge in [-0.1, -0.05) is 162 Å². The second-order valence-electron chi connectivity index (χ2n) is 16.6. The molecule has 0 unspecified atom stereocenters. The van der Waals surface area contributed by atoms with Gasteiger partial charge in [0.2, 0.25) is 17.7 Å². The zero-order chi connectivity index (χ0) is 42.8. The fourth-order valence-corrected chi connectivity index (χ4v) is 7.76. The van der Waals surface area contributed by atoms with Crippen LogP contribution in [-0.4, -0.2) is 111 Å². The van der Waals surface area contributed by atoms with Crippen molar-refractivity contribution >= 4 is 23.7 Å². The molecule has 0 aliphatic carbocycles. The largest absolute Gasteiger partial charge is 0.481 e. The molecule has 7 N–H and O–H groups in total. The molecule has 6 atom stereocenters. The van der Waals surface area contributed by atoms with Gasteiger partial charge in [-0.15, -0.1) is 0 Å². The third-order valence-corrected chi connectivity index (χ3v) is 11.5. The molecule has 0 aromatic rings. The number of carbonyl (C=O) groups is 4. The number of aliphatic carboxylic acids is 1. The quantitative estimate of drug-likeness (QED) is 0.0316. The van der Waals surface area contributed by atoms with Gasteiger partial charge in [0.25, 0.3) is 0 Å². The summed E-state index contributed by atoms with van der Waals surface area (Å²) in [5.41, 5.74) is 0. The highest BCUT2D eigenvalue weighted by Crippen LogP contribution is 2.26. The number of nitrogens with one attached hydrogen (secondary N) is 2. The molecule has 0 radical (unpaired) electrons. The van der Waals surface area contributed by atoms with Crippen LogP contribution < -0.4 is 10.6 Å². The Morgan fingerprint density at radius 2 is 1.02 bits per heavy atom. The van der Waals surface area contributed by atoms with E-state index in [1.54, 1.807) is 0 Å². The number of carboxylic acid groups (broad SMARTS) is 1. The first-order valence-electron chi connectivity index (χ1n) is 23.4. The maximum absolute atomic E-state index is 14.0. The van der Waals surface area contributed by atoms with E-state index in [-0.39, 0.29) is 38.0 Å². The SMILES string of the molecule is CCCCCCCCCCCCCCCCCC(=O)N(CCCCCCCCCCCC)[C@@H]1O[C@H](CO)[C@@H](O)[C@H](O)[C@H]1NC(=O)[C@H](CO)NC(=O)CCCCC(=O)O. The van der Waals surface area contributed by atoms with Gasteiger partial charge in [-0.3, -0.25) is 19.2 Å². The highest BCUT2D eigenvalue weighted by molar-refractivity contribution is 5.88. The molecule has 13 nitrogen and oxygen atoms in total. The maximum Gasteiger partial charge on any atom is 0.303 e. The van der Waals surface area contributed by atoms with Crippen LogP contribution in [0.25, 0.3) is 0 Å². The monoisotopic (exact) mass is 828 g/mol. The van der Waals surface area contributed by atoms with Gasteiger partial charge in [-0.05, 0) is 25.7 Å². The molecule has 1 saturated heterocycles. The van der Waals surface area contributed by atoms with E-state index in [1.807, 2.05) is 0 Å². The predicted molar refractivity (Wildman–Crippen MR) is 228 cm³/mol. The highest BCUT2D eigenvalue weighted by Gasteiger charge is 2.48. The lowest BCUT2D eigenvalue weighted by Crippen LogP contribution is -2.70. The summed E-state index contributed by atoms with van der Waals surface area (Å²) in [6.45, 7) is 3.37. The Labute approximate surface area is 350 Å². The van der Waals surface area contributed by atoms with E-state index in [0.717, 1.165) is 38.5 Å². The summed E-state index contributed by atoms with van der Waals surface area (Å²) in [4.78, 5) is 52.3. The number of hydrogen-bond donors (Lipinski definition) is 7. The number of carboxylic acids is 1. The first-order valence-corrected chi connectivity index (χ1v) is 23.4. The van der Waals surface area contributed by atoms with Crippen molar-refractivity contribution in [3.05, 3.63) is 0 Å². The maximum atomic E-state index is 14.0. The molecule has 340 valence electrons. The third-order valence-electron chi connectivity index (χ3n) is 11.5. The number of unbranched alkanes of at least 4 members (excludes halogenated alkanes) is 24. The Hall–Kier alpha value is -2.32. The normalized spacial score (nSPS) is 19.8. The van der Waals surface area contributed by atoms with Gasteiger partial charge in [-0.2, -0.15) is 0 Å². The zero-order valence-corrected chi connectivity index (χ0v) is 36.5. The molecule has 1 fully saturated rings. The molecule has 58 heavy (non-hydrogen) atoms. The minimum Gasteiger partial charge on any atom is -0.481 e. The van der Waals surface area contributed by atoms with Crippen LogP contribution in [0.5, 0.6) is 0 Å². The summed E-state index contributed by atoms with van der Waals surface area (Å²) >= 11 is 0. The van der Waals surface area contributed by atoms with E-state index in [0.29, 0.717) is 19.4 Å². The van der Waals surface area contributed by atoms with Crippen LogP contribution in [0.15, 0.2) is 0 Å². The average molecular weight is 828 g/mol. The standard InChI is InChI=1S/C45H85N3O10/c1-3-5-7-9-11-13-15-16-17-18-19-20-22-24-26-31-39(52)48(33-29-25-23-21-14-12-10-8-6-4-2)45-41(43(56)42(55)37(35-50)58-45)47-44(57)36(34-49)46-38(51)30-27-28-32-40(53)54/h36-37,41-43,45,49-50,55-56H,3-35H2,1-2H3,(H,46,51)(H,47,57)(H,53,54)/t36-,37+,41+,42+,43+,45+/m0/s1. The first kappa shape index (κ1) is 53.7. The van der Waals surface area contributed by atoms with Crippen LogP contribution in [0.3, 0.4) is 0 Å². The molecule has 1 rings (SSSR count). The van der Waals surface area contributed by atoms with E-state index < -0.39 is 67.6 Å². The summed E-state index contributed by atoms with van der Waals surface area (Å²) < 4.78 is 6.10. The number of ether oxygens (including phenoxy) is 1. The van der Waals surface area contributed by atoms with Crippen molar-refractivity contribution in [2.24, 2.45) is 0 Å². The number of aliphatic hydroxyl groups excluding tert-OH is 4. The number of carbonyl (C=O) groups excluding carboxylic acids is 3. The van der Waals surface area contributed by atoms with Crippen molar-refractivity contribution in [2.75, 3.05) is 19.8 Å². The Morgan fingerprint density at radius 1 is 0.586 bits per heavy atom. The smallest absolute Gasteiger partial charge is 0.303 e. The van der Waals surface area contributed by atoms with Crippen LogP contribution in [0.4, 0.5) is 0 Å². The van der Waals surface area contributed by atoms with Crippen LogP contribution in [0, 0.1) is 0 Å². The third kappa shape index (κ3) is 24.7. The number of rotatable bonds is 38. The van der Waals surface area contributed by atoms with Crippen LogP contribution in [0.1, 0.15) is 206 Å². The van der Waals surface area contributed by atoms with Crippen molar-refractivity contribution in [2.45, 2.75) is 243 Å². The predicted octanol–water partition coefficient (Wildman–Crippen LogP) is 7.04. The Morgan fingerprint density at radius 3 is 1.47 bits per heavy atom. The summed E-state index contributed by atoms with van der Waals surface area (Å²) in [7, 11) is 0. The topological polar surface area (TPSA) is 206 Å². The lowest BCUT2D eigenvalue weighted by molar-refractivity contribution is -0.231. The van der Waals surface area contributed by atoms with Gasteiger partial charge in [0.15, 0.2) is 6.23 Å². The van der Waals surface area contributed by atoms with Crippen molar-refractivity contribution in [3.8, 4) is 0 Å². The lowest BCUT2D eigenvalue weighted by Gasteiger charge is -2.47. The van der Waals surface area contributed by atoms with E-state index in [2.05, 4.69) is 24.5 Å². The molecular weight excluding hydrogens is 743 g/mol. The highest BCUT2D eigenvalue weighted by atomic mass is 16.5. The Bertz CT molecular complexity index is 1070. The van der Waals surface area contributed by atoms with E-state index in [1.165, 1.54) is 114 Å². The number of aliphatic hydroxyl groups is 4. The molecule has 1 aliphatic heterocycles. The van der Waals surface area contributed by atoms with Crippen molar-refractivity contribution < 1.29 is 49.4 Å². The van der Waals surface area contributed by atoms with Gasteiger partial charge in [0, 0.05) is 25.8 Å². The van der Waals surface area contributed by atoms with Crippen LogP contribution in [0.2, 0.25) is 0 Å². The van der Waals surface area contributed by atoms with Crippen LogP contribution >= 0.6 is 0 Å². The summed E-state index contributed by atoms with van der Waals surface area (Å²) in [6.07, 6.45) is 24.2. The Kier molecular flexibility index (Phi) is 32.8. The fraction of sp³-hybridized carbons (Fsp3) is 0.911. The first-order chi connectivity index (χ1) is 28.1. The number of amides is 3. The van der Waals surface area contributed by atoms with Gasteiger partial charge < -0.3 is 45.8 Å². The van der Waals surface area contributed by atoms with E-state index in [4.69, 9.17) is 9.84 Å². The second-order valence-corrected chi connectivity index (χ2v) is 16.6. The average Bonchev–Trinajstić information content (AvgIpc) is 3.21. The van der Waals surface area contributed by atoms with E-state index in [9.17, 15) is 39.6 Å². The number of nitrogens with zero attached hydrogens (tertiary/aromatic N) is 1. The molecule has 0 aromatic carbocycles. The molecule has 1 heterocycles. The molecule has 0 bridgehead atoms. The zero-order valence-electron chi connectivity index (χ0n) is 36.5. The second kappa shape index (κ2) is 35.4. The lowest BCUT2D eigenvalue weighted by atomic mass is 9.94. The molecular formula is C45H85N3O10. The minimum atomic E-state index is -1.63. The van der Waals surface area contributed by atoms with E-state index >= 15 is 0 Å². The molecule has 1 aliphatic rings. The molecule has 0 aromatic heterocycles. The summed E-state index contributed by atoms with van der Waals surface area (Å²) in [5, 5.41) is 56.1. The van der Waals surface area contributed by atoms with Gasteiger partial charge in [0.1, 0.15) is 30.4 Å². The molecule has 0 spiro atoms. The van der Waals surface area contributed by atoms with Crippen LogP contribution in [-0.2, 0) is 23.9 Å². The summed E-state index contributed by atoms with van der Waals surface area (Å²) in [5.74, 6) is -2.58. The summed E-state index contributed by atoms with van der Waals surface area (Å²) in [6, 6.07) is -2.72. The molecule has 0 saturated carbocycles. The number of hydrogen-bond acceptors (Lipinski definition) is 9. The molecule has 13 heteroatoms. The van der Waals surface area contributed by atoms with Crippen molar-refractivity contribution in [1.29, 1.82) is 0 Å². The Balaban J connectivity index is 2.87. The van der Waals surface area contributed by atoms with Gasteiger partial charge >= 0.3 is 5.97 Å². The van der Waals surface area contributed by atoms with Crippen molar-refractivity contribution in [3.63, 3.8) is 0 Å². The fourth-order valence-electron chi connectivity index (χ4n) is 7.76. The molecule has 3 amide bonds. The van der Waals surface area contributed by atoms with Crippen molar-refractivity contribution in [1.82, 2.24) is 15.5 Å². The minimum absolute atomic E-state index is 0.0494. The van der Waals surface area contributed by atoms with Gasteiger partial charge in [0.05, 0.1) is 13.2 Å². The van der Waals surface area contributed by atoms with Gasteiger partial charge in [-0.25, -0.2) is 0 Å².